The average Bonchev–Trinajstić information content (AvgIpc) is 3.10. The van der Waals surface area contributed by atoms with E-state index in [1.165, 1.54) is 4.52 Å². The number of hydrogen-bond donors (Lipinski definition) is 1. The summed E-state index contributed by atoms with van der Waals surface area (Å²) >= 11 is 0. The number of aromatic amines is 1. The zero-order valence-electron chi connectivity index (χ0n) is 14.9. The summed E-state index contributed by atoms with van der Waals surface area (Å²) in [6.07, 6.45) is 4.47. The van der Waals surface area contributed by atoms with Crippen molar-refractivity contribution in [2.75, 3.05) is 6.54 Å². The van der Waals surface area contributed by atoms with Gasteiger partial charge < -0.3 is 4.90 Å². The minimum absolute atomic E-state index is 0.0818. The lowest BCUT2D eigenvalue weighted by molar-refractivity contribution is 0.0599. The summed E-state index contributed by atoms with van der Waals surface area (Å²) in [5.74, 6) is -0.0818. The van der Waals surface area contributed by atoms with Gasteiger partial charge in [0.1, 0.15) is 5.69 Å². The molecule has 0 radical (unpaired) electrons. The highest BCUT2D eigenvalue weighted by Crippen LogP contribution is 2.31. The molecule has 1 amide bonds. The van der Waals surface area contributed by atoms with E-state index in [0.717, 1.165) is 30.7 Å². The summed E-state index contributed by atoms with van der Waals surface area (Å²) in [6, 6.07) is 7.11. The molecule has 1 aliphatic heterocycles. The van der Waals surface area contributed by atoms with Crippen LogP contribution in [-0.4, -0.2) is 36.9 Å². The van der Waals surface area contributed by atoms with Crippen LogP contribution in [-0.2, 0) is 0 Å². The number of aromatic nitrogens is 4. The molecule has 7 heteroatoms. The summed E-state index contributed by atoms with van der Waals surface area (Å²) in [5, 5.41) is 3.17. The third-order valence-electron chi connectivity index (χ3n) is 5.11. The van der Waals surface area contributed by atoms with Crippen LogP contribution in [0.15, 0.2) is 35.3 Å². The number of aryl methyl sites for hydroxylation is 1. The fourth-order valence-corrected chi connectivity index (χ4v) is 3.54. The Kier molecular flexibility index (Phi) is 4.06. The highest BCUT2D eigenvalue weighted by Gasteiger charge is 2.30. The molecular weight excluding hydrogens is 330 g/mol. The van der Waals surface area contributed by atoms with Crippen LogP contribution in [0, 0.1) is 13.8 Å². The number of carbonyl (C=O) groups excluding carboxylic acids is 1. The van der Waals surface area contributed by atoms with Gasteiger partial charge in [0.2, 0.25) is 0 Å². The zero-order valence-corrected chi connectivity index (χ0v) is 14.9. The van der Waals surface area contributed by atoms with Crippen molar-refractivity contribution in [2.24, 2.45) is 0 Å². The molecule has 26 heavy (non-hydrogen) atoms. The number of hydrogen-bond acceptors (Lipinski definition) is 4. The van der Waals surface area contributed by atoms with Gasteiger partial charge in [0.05, 0.1) is 11.7 Å². The lowest BCUT2D eigenvalue weighted by Crippen LogP contribution is -2.39. The van der Waals surface area contributed by atoms with E-state index in [1.54, 1.807) is 25.3 Å². The number of fused-ring (bicyclic) bond motifs is 1. The van der Waals surface area contributed by atoms with Crippen molar-refractivity contribution in [2.45, 2.75) is 39.2 Å². The summed E-state index contributed by atoms with van der Waals surface area (Å²) in [4.78, 5) is 36.0. The smallest absolute Gasteiger partial charge is 0.275 e. The van der Waals surface area contributed by atoms with Crippen LogP contribution in [0.3, 0.4) is 0 Å². The predicted octanol–water partition coefficient (Wildman–Crippen LogP) is 2.40. The summed E-state index contributed by atoms with van der Waals surface area (Å²) in [6.45, 7) is 4.28. The Morgan fingerprint density at radius 3 is 2.88 bits per heavy atom. The van der Waals surface area contributed by atoms with Crippen molar-refractivity contribution < 1.29 is 4.79 Å². The molecule has 4 rings (SSSR count). The normalized spacial score (nSPS) is 17.6. The van der Waals surface area contributed by atoms with E-state index in [2.05, 4.69) is 15.1 Å². The fraction of sp³-hybridized carbons (Fsp3) is 0.368. The number of rotatable bonds is 2. The second-order valence-electron chi connectivity index (χ2n) is 6.76. The van der Waals surface area contributed by atoms with Gasteiger partial charge in [-0.15, -0.1) is 0 Å². The molecule has 0 bridgehead atoms. The van der Waals surface area contributed by atoms with E-state index >= 15 is 0 Å². The second-order valence-corrected chi connectivity index (χ2v) is 6.76. The van der Waals surface area contributed by atoms with Gasteiger partial charge in [0, 0.05) is 30.1 Å². The Hall–Kier alpha value is -2.96. The molecule has 4 heterocycles. The summed E-state index contributed by atoms with van der Waals surface area (Å²) in [7, 11) is 0. The molecule has 0 unspecified atom stereocenters. The maximum atomic E-state index is 12.9. The minimum Gasteiger partial charge on any atom is -0.329 e. The molecule has 7 nitrogen and oxygen atoms in total. The van der Waals surface area contributed by atoms with Crippen LogP contribution < -0.4 is 5.56 Å². The van der Waals surface area contributed by atoms with E-state index in [0.29, 0.717) is 23.4 Å². The molecule has 1 fully saturated rings. The van der Waals surface area contributed by atoms with E-state index in [4.69, 9.17) is 0 Å². The molecule has 0 aliphatic carbocycles. The lowest BCUT2D eigenvalue weighted by Gasteiger charge is -2.34. The van der Waals surface area contributed by atoms with Crippen molar-refractivity contribution in [3.05, 3.63) is 63.5 Å². The van der Waals surface area contributed by atoms with Crippen LogP contribution in [0.25, 0.3) is 5.65 Å². The molecule has 1 aliphatic rings. The van der Waals surface area contributed by atoms with Gasteiger partial charge in [-0.05, 0) is 45.2 Å². The van der Waals surface area contributed by atoms with E-state index in [1.807, 2.05) is 24.0 Å². The number of pyridine rings is 1. The first-order valence-electron chi connectivity index (χ1n) is 8.87. The quantitative estimate of drug-likeness (QED) is 0.768. The molecule has 1 saturated heterocycles. The molecule has 3 aromatic rings. The first-order chi connectivity index (χ1) is 12.6. The predicted molar refractivity (Wildman–Crippen MR) is 97.2 cm³/mol. The third kappa shape index (κ3) is 2.69. The van der Waals surface area contributed by atoms with E-state index in [9.17, 15) is 9.59 Å². The Morgan fingerprint density at radius 2 is 2.12 bits per heavy atom. The maximum Gasteiger partial charge on any atom is 0.275 e. The molecule has 1 N–H and O–H groups in total. The number of amides is 1. The molecule has 0 aromatic carbocycles. The van der Waals surface area contributed by atoms with Crippen molar-refractivity contribution in [1.29, 1.82) is 0 Å². The number of nitrogens with one attached hydrogen (secondary N) is 1. The number of H-pyrrole nitrogens is 1. The van der Waals surface area contributed by atoms with Gasteiger partial charge in [-0.1, -0.05) is 6.07 Å². The number of likely N-dealkylation sites (tertiary alicyclic amines) is 1. The van der Waals surface area contributed by atoms with Crippen LogP contribution in [0.1, 0.15) is 52.7 Å². The Labute approximate surface area is 150 Å². The lowest BCUT2D eigenvalue weighted by atomic mass is 9.99. The van der Waals surface area contributed by atoms with Crippen LogP contribution in [0.5, 0.6) is 0 Å². The highest BCUT2D eigenvalue weighted by molar-refractivity contribution is 5.92. The van der Waals surface area contributed by atoms with Crippen LogP contribution in [0.2, 0.25) is 0 Å². The van der Waals surface area contributed by atoms with Gasteiger partial charge >= 0.3 is 0 Å². The van der Waals surface area contributed by atoms with Gasteiger partial charge in [-0.3, -0.25) is 19.7 Å². The van der Waals surface area contributed by atoms with E-state index in [-0.39, 0.29) is 17.5 Å². The molecule has 134 valence electrons. The van der Waals surface area contributed by atoms with E-state index < -0.39 is 0 Å². The average molecular weight is 351 g/mol. The highest BCUT2D eigenvalue weighted by atomic mass is 16.2. The Balaban J connectivity index is 1.75. The molecule has 3 aromatic heterocycles. The number of piperidine rings is 1. The SMILES string of the molecule is Cc1nc2cc([C@@H]3CCCCN3C(=O)c3ccccn3)[nH]n2c(=O)c1C. The fourth-order valence-electron chi connectivity index (χ4n) is 3.54. The monoisotopic (exact) mass is 351 g/mol. The first kappa shape index (κ1) is 16.5. The summed E-state index contributed by atoms with van der Waals surface area (Å²) < 4.78 is 1.47. The second kappa shape index (κ2) is 6.40. The van der Waals surface area contributed by atoms with Crippen molar-refractivity contribution in [3.63, 3.8) is 0 Å². The van der Waals surface area contributed by atoms with Gasteiger partial charge in [0.15, 0.2) is 5.65 Å². The van der Waals surface area contributed by atoms with Crippen molar-refractivity contribution in [1.82, 2.24) is 24.5 Å². The van der Waals surface area contributed by atoms with Crippen LogP contribution >= 0.6 is 0 Å². The zero-order chi connectivity index (χ0) is 18.3. The molecule has 0 saturated carbocycles. The van der Waals surface area contributed by atoms with Crippen molar-refractivity contribution in [3.8, 4) is 0 Å². The standard InChI is InChI=1S/C19H21N5O2/c1-12-13(2)21-17-11-15(22-24(17)18(12)25)16-8-4-6-10-23(16)19(26)14-7-3-5-9-20-14/h3,5,7,9,11,16,22H,4,6,8,10H2,1-2H3/t16-/m0/s1. The first-order valence-corrected chi connectivity index (χ1v) is 8.87. The number of nitrogens with zero attached hydrogens (tertiary/aromatic N) is 4. The molecular formula is C19H21N5O2. The molecule has 0 spiro atoms. The van der Waals surface area contributed by atoms with Gasteiger partial charge in [-0.2, -0.15) is 0 Å². The van der Waals surface area contributed by atoms with Crippen molar-refractivity contribution >= 4 is 11.6 Å². The Bertz CT molecular complexity index is 1020. The third-order valence-corrected chi connectivity index (χ3v) is 5.11. The van der Waals surface area contributed by atoms with Gasteiger partial charge in [-0.25, -0.2) is 9.50 Å². The topological polar surface area (TPSA) is 83.4 Å². The van der Waals surface area contributed by atoms with Gasteiger partial charge in [0.25, 0.3) is 11.5 Å². The summed E-state index contributed by atoms with van der Waals surface area (Å²) in [5.41, 5.74) is 3.12. The minimum atomic E-state index is -0.111. The largest absolute Gasteiger partial charge is 0.329 e. The van der Waals surface area contributed by atoms with Crippen LogP contribution in [0.4, 0.5) is 0 Å². The Morgan fingerprint density at radius 1 is 1.27 bits per heavy atom. The number of carbonyl (C=O) groups is 1. The maximum absolute atomic E-state index is 12.9. The molecule has 1 atom stereocenters.